The number of nitrogens with zero attached hydrogens (tertiary/aromatic N) is 3. The van der Waals surface area contributed by atoms with Crippen LogP contribution >= 0.6 is 0 Å². The highest BCUT2D eigenvalue weighted by Crippen LogP contribution is 2.35. The van der Waals surface area contributed by atoms with Crippen molar-refractivity contribution in [3.05, 3.63) is 83.4 Å². The fourth-order valence-electron chi connectivity index (χ4n) is 2.95. The van der Waals surface area contributed by atoms with E-state index in [0.29, 0.717) is 11.1 Å². The molecule has 0 amide bonds. The Morgan fingerprint density at radius 2 is 1.78 bits per heavy atom. The summed E-state index contributed by atoms with van der Waals surface area (Å²) in [7, 11) is -4.29. The number of rotatable bonds is 3. The van der Waals surface area contributed by atoms with E-state index in [9.17, 15) is 13.5 Å². The van der Waals surface area contributed by atoms with Crippen molar-refractivity contribution in [1.82, 2.24) is 4.98 Å². The van der Waals surface area contributed by atoms with Gasteiger partial charge < -0.3 is 14.8 Å². The molecule has 1 atom stereocenters. The van der Waals surface area contributed by atoms with Crippen molar-refractivity contribution in [2.45, 2.75) is 6.10 Å². The SMILES string of the molecule is [N-]=[N+]=C1C=C(S(=O)(=O)Oc2ccc3ccccc3n2)c2ccccc2C1O. The molecule has 0 saturated heterocycles. The van der Waals surface area contributed by atoms with Crippen LogP contribution in [-0.2, 0) is 10.1 Å². The van der Waals surface area contributed by atoms with E-state index in [1.807, 2.05) is 12.1 Å². The van der Waals surface area contributed by atoms with Gasteiger partial charge in [-0.05, 0) is 12.1 Å². The topological polar surface area (TPSA) is 113 Å². The van der Waals surface area contributed by atoms with Gasteiger partial charge in [0.15, 0.2) is 6.10 Å². The largest absolute Gasteiger partial charge is 0.376 e. The third kappa shape index (κ3) is 3.02. The number of aliphatic hydroxyl groups excluding tert-OH is 1. The second-order valence-electron chi connectivity index (χ2n) is 5.90. The summed E-state index contributed by atoms with van der Waals surface area (Å²) < 4.78 is 31.0. The van der Waals surface area contributed by atoms with E-state index in [-0.39, 0.29) is 22.1 Å². The second kappa shape index (κ2) is 6.44. The Bertz CT molecular complexity index is 1240. The quantitative estimate of drug-likeness (QED) is 0.427. The molecule has 4 rings (SSSR count). The number of fused-ring (bicyclic) bond motifs is 2. The van der Waals surface area contributed by atoms with E-state index in [4.69, 9.17) is 9.71 Å². The number of aromatic nitrogens is 1. The highest BCUT2D eigenvalue weighted by atomic mass is 32.2. The lowest BCUT2D eigenvalue weighted by Gasteiger charge is -2.19. The lowest BCUT2D eigenvalue weighted by atomic mass is 9.93. The Hall–Kier alpha value is -3.32. The monoisotopic (exact) mass is 379 g/mol. The van der Waals surface area contributed by atoms with Gasteiger partial charge in [0.25, 0.3) is 0 Å². The standard InChI is InChI=1S/C19H13N3O4S/c20-22-16-11-17(13-6-2-3-7-14(13)19(16)23)27(24,25)26-18-10-9-12-5-1-4-8-15(12)21-18/h1-11,19,23H. The Morgan fingerprint density at radius 1 is 1.04 bits per heavy atom. The van der Waals surface area contributed by atoms with Gasteiger partial charge in [-0.25, -0.2) is 4.98 Å². The Balaban J connectivity index is 1.79. The Morgan fingerprint density at radius 3 is 2.59 bits per heavy atom. The van der Waals surface area contributed by atoms with Crippen LogP contribution in [0.25, 0.3) is 21.3 Å². The molecule has 0 saturated carbocycles. The summed E-state index contributed by atoms with van der Waals surface area (Å²) in [6.07, 6.45) is -0.146. The van der Waals surface area contributed by atoms with Crippen LogP contribution in [0.2, 0.25) is 0 Å². The number of para-hydroxylation sites is 1. The van der Waals surface area contributed by atoms with Crippen molar-refractivity contribution < 1.29 is 22.5 Å². The van der Waals surface area contributed by atoms with Gasteiger partial charge in [-0.2, -0.15) is 13.2 Å². The van der Waals surface area contributed by atoms with E-state index in [1.54, 1.807) is 42.5 Å². The number of hydrogen-bond donors (Lipinski definition) is 1. The Kier molecular flexibility index (Phi) is 4.08. The highest BCUT2D eigenvalue weighted by molar-refractivity contribution is 7.96. The van der Waals surface area contributed by atoms with Gasteiger partial charge in [-0.15, -0.1) is 0 Å². The zero-order valence-corrected chi connectivity index (χ0v) is 14.7. The van der Waals surface area contributed by atoms with Gasteiger partial charge in [0.2, 0.25) is 5.88 Å². The summed E-state index contributed by atoms with van der Waals surface area (Å²) in [6, 6.07) is 16.8. The molecule has 0 bridgehead atoms. The fourth-order valence-corrected chi connectivity index (χ4v) is 4.08. The molecule has 134 valence electrons. The van der Waals surface area contributed by atoms with Gasteiger partial charge in [-0.1, -0.05) is 42.5 Å². The average molecular weight is 379 g/mol. The number of benzene rings is 2. The maximum atomic E-state index is 12.9. The first-order valence-electron chi connectivity index (χ1n) is 8.01. The first-order chi connectivity index (χ1) is 13.0. The van der Waals surface area contributed by atoms with Crippen LogP contribution in [0.3, 0.4) is 0 Å². The number of hydrogen-bond acceptors (Lipinski definition) is 5. The van der Waals surface area contributed by atoms with Crippen LogP contribution in [-0.4, -0.2) is 29.0 Å². The summed E-state index contributed by atoms with van der Waals surface area (Å²) in [4.78, 5) is 6.98. The van der Waals surface area contributed by atoms with Crippen LogP contribution < -0.4 is 4.18 Å². The van der Waals surface area contributed by atoms with Crippen molar-refractivity contribution in [2.75, 3.05) is 0 Å². The molecule has 1 aliphatic rings. The molecule has 1 N–H and O–H groups in total. The molecule has 1 heterocycles. The highest BCUT2D eigenvalue weighted by Gasteiger charge is 2.36. The molecule has 1 aromatic heterocycles. The second-order valence-corrected chi connectivity index (χ2v) is 7.42. The lowest BCUT2D eigenvalue weighted by molar-refractivity contribution is -0.0188. The van der Waals surface area contributed by atoms with E-state index < -0.39 is 16.2 Å². The predicted octanol–water partition coefficient (Wildman–Crippen LogP) is 2.70. The van der Waals surface area contributed by atoms with Gasteiger partial charge >= 0.3 is 15.8 Å². The summed E-state index contributed by atoms with van der Waals surface area (Å²) in [5.74, 6) is -0.0827. The third-order valence-corrected chi connectivity index (χ3v) is 5.50. The van der Waals surface area contributed by atoms with Gasteiger partial charge in [0.1, 0.15) is 4.91 Å². The molecule has 2 aromatic carbocycles. The average Bonchev–Trinajstić information content (AvgIpc) is 2.68. The summed E-state index contributed by atoms with van der Waals surface area (Å²) in [5, 5.41) is 11.1. The van der Waals surface area contributed by atoms with Gasteiger partial charge in [0, 0.05) is 28.7 Å². The van der Waals surface area contributed by atoms with E-state index in [1.165, 1.54) is 6.07 Å². The predicted molar refractivity (Wildman–Crippen MR) is 99.3 cm³/mol. The van der Waals surface area contributed by atoms with Crippen molar-refractivity contribution in [1.29, 1.82) is 0 Å². The number of aliphatic hydroxyl groups is 1. The maximum Gasteiger partial charge on any atom is 0.341 e. The van der Waals surface area contributed by atoms with Gasteiger partial charge in [0.05, 0.1) is 5.52 Å². The molecular formula is C19H13N3O4S. The molecule has 0 radical (unpaired) electrons. The Labute approximate surface area is 154 Å². The molecule has 0 fully saturated rings. The maximum absolute atomic E-state index is 12.9. The minimum absolute atomic E-state index is 0.0827. The molecule has 7 nitrogen and oxygen atoms in total. The van der Waals surface area contributed by atoms with E-state index >= 15 is 0 Å². The molecular weight excluding hydrogens is 366 g/mol. The molecule has 1 aliphatic carbocycles. The van der Waals surface area contributed by atoms with Gasteiger partial charge in [-0.3, -0.25) is 0 Å². The normalized spacial score (nSPS) is 16.4. The van der Waals surface area contributed by atoms with Crippen LogP contribution in [0.15, 0.2) is 66.7 Å². The minimum atomic E-state index is -4.29. The first kappa shape index (κ1) is 17.1. The van der Waals surface area contributed by atoms with Crippen LogP contribution in [0, 0.1) is 0 Å². The molecule has 3 aromatic rings. The minimum Gasteiger partial charge on any atom is -0.376 e. The fraction of sp³-hybridized carbons (Fsp3) is 0.0526. The smallest absolute Gasteiger partial charge is 0.341 e. The molecule has 0 aliphatic heterocycles. The van der Waals surface area contributed by atoms with Crippen molar-refractivity contribution in [3.63, 3.8) is 0 Å². The van der Waals surface area contributed by atoms with Crippen LogP contribution in [0.4, 0.5) is 0 Å². The van der Waals surface area contributed by atoms with E-state index in [2.05, 4.69) is 9.77 Å². The van der Waals surface area contributed by atoms with Crippen molar-refractivity contribution in [2.24, 2.45) is 0 Å². The molecule has 0 spiro atoms. The lowest BCUT2D eigenvalue weighted by Crippen LogP contribution is -2.22. The van der Waals surface area contributed by atoms with Crippen molar-refractivity contribution in [3.8, 4) is 5.88 Å². The zero-order valence-electron chi connectivity index (χ0n) is 13.9. The van der Waals surface area contributed by atoms with Crippen LogP contribution in [0.5, 0.6) is 5.88 Å². The van der Waals surface area contributed by atoms with Crippen LogP contribution in [0.1, 0.15) is 17.2 Å². The van der Waals surface area contributed by atoms with Crippen molar-refractivity contribution >= 4 is 31.6 Å². The first-order valence-corrected chi connectivity index (χ1v) is 9.42. The van der Waals surface area contributed by atoms with E-state index in [0.717, 1.165) is 11.5 Å². The number of pyridine rings is 1. The molecule has 1 unspecified atom stereocenters. The molecule has 8 heteroatoms. The summed E-state index contributed by atoms with van der Waals surface area (Å²) >= 11 is 0. The molecule has 27 heavy (non-hydrogen) atoms. The summed E-state index contributed by atoms with van der Waals surface area (Å²) in [5.41, 5.74) is 10.1. The third-order valence-electron chi connectivity index (χ3n) is 4.23. The zero-order chi connectivity index (χ0) is 19.0. The summed E-state index contributed by atoms with van der Waals surface area (Å²) in [6.45, 7) is 0.